The van der Waals surface area contributed by atoms with Crippen molar-refractivity contribution >= 4 is 5.97 Å². The molecule has 82 valence electrons. The third-order valence-electron chi connectivity index (χ3n) is 2.25. The molecule has 0 bridgehead atoms. The number of benzene rings is 1. The summed E-state index contributed by atoms with van der Waals surface area (Å²) in [5.74, 6) is -0.190. The maximum absolute atomic E-state index is 11.2. The van der Waals surface area contributed by atoms with Crippen LogP contribution in [0.15, 0.2) is 30.3 Å². The summed E-state index contributed by atoms with van der Waals surface area (Å²) in [6.07, 6.45) is 0.369. The highest BCUT2D eigenvalue weighted by atomic mass is 16.5. The molecular weight excluding hydrogens is 190 g/mol. The van der Waals surface area contributed by atoms with Crippen LogP contribution in [-0.2, 0) is 9.53 Å². The van der Waals surface area contributed by atoms with Crippen LogP contribution in [0.1, 0.15) is 24.9 Å². The molecule has 1 aromatic rings. The standard InChI is InChI=1S/C12H17NO2/c1-3-13-11(9-12(14)15-2)10-7-5-4-6-8-10/h4-8,11,13H,3,9H2,1-2H3. The van der Waals surface area contributed by atoms with Gasteiger partial charge in [-0.25, -0.2) is 0 Å². The molecule has 1 atom stereocenters. The average Bonchev–Trinajstić information content (AvgIpc) is 2.29. The van der Waals surface area contributed by atoms with Gasteiger partial charge in [-0.15, -0.1) is 0 Å². The predicted molar refractivity (Wildman–Crippen MR) is 59.5 cm³/mol. The minimum absolute atomic E-state index is 0.0450. The molecule has 1 rings (SSSR count). The maximum atomic E-state index is 11.2. The molecule has 0 heterocycles. The molecule has 1 unspecified atom stereocenters. The molecule has 0 spiro atoms. The van der Waals surface area contributed by atoms with Crippen molar-refractivity contribution in [3.63, 3.8) is 0 Å². The monoisotopic (exact) mass is 207 g/mol. The van der Waals surface area contributed by atoms with E-state index in [4.69, 9.17) is 0 Å². The minimum atomic E-state index is -0.190. The zero-order valence-corrected chi connectivity index (χ0v) is 9.19. The van der Waals surface area contributed by atoms with Crippen LogP contribution in [0.4, 0.5) is 0 Å². The lowest BCUT2D eigenvalue weighted by Crippen LogP contribution is -2.24. The van der Waals surface area contributed by atoms with Gasteiger partial charge in [0.25, 0.3) is 0 Å². The summed E-state index contributed by atoms with van der Waals surface area (Å²) >= 11 is 0. The smallest absolute Gasteiger partial charge is 0.307 e. The number of esters is 1. The highest BCUT2D eigenvalue weighted by Gasteiger charge is 2.14. The van der Waals surface area contributed by atoms with E-state index in [0.717, 1.165) is 12.1 Å². The SMILES string of the molecule is CCNC(CC(=O)OC)c1ccccc1. The first-order valence-corrected chi connectivity index (χ1v) is 5.13. The minimum Gasteiger partial charge on any atom is -0.469 e. The van der Waals surface area contributed by atoms with Gasteiger partial charge in [-0.2, -0.15) is 0 Å². The predicted octanol–water partition coefficient (Wildman–Crippen LogP) is 1.90. The number of methoxy groups -OCH3 is 1. The van der Waals surface area contributed by atoms with Crippen molar-refractivity contribution < 1.29 is 9.53 Å². The van der Waals surface area contributed by atoms with Crippen LogP contribution in [-0.4, -0.2) is 19.6 Å². The number of hydrogen-bond acceptors (Lipinski definition) is 3. The second-order valence-corrected chi connectivity index (χ2v) is 3.30. The van der Waals surface area contributed by atoms with Gasteiger partial charge in [-0.1, -0.05) is 37.3 Å². The molecular formula is C12H17NO2. The van der Waals surface area contributed by atoms with Gasteiger partial charge < -0.3 is 10.1 Å². The van der Waals surface area contributed by atoms with E-state index in [1.165, 1.54) is 7.11 Å². The summed E-state index contributed by atoms with van der Waals surface area (Å²) in [7, 11) is 1.41. The van der Waals surface area contributed by atoms with E-state index in [-0.39, 0.29) is 12.0 Å². The quantitative estimate of drug-likeness (QED) is 0.749. The summed E-state index contributed by atoms with van der Waals surface area (Å²) in [6.45, 7) is 2.85. The first kappa shape index (κ1) is 11.7. The first-order chi connectivity index (χ1) is 7.27. The van der Waals surface area contributed by atoms with E-state index >= 15 is 0 Å². The van der Waals surface area contributed by atoms with Crippen molar-refractivity contribution in [1.29, 1.82) is 0 Å². The lowest BCUT2D eigenvalue weighted by molar-refractivity contribution is -0.141. The molecule has 3 nitrogen and oxygen atoms in total. The summed E-state index contributed by atoms with van der Waals surface area (Å²) < 4.78 is 4.67. The third kappa shape index (κ3) is 3.72. The summed E-state index contributed by atoms with van der Waals surface area (Å²) in [6, 6.07) is 9.97. The van der Waals surface area contributed by atoms with E-state index in [0.29, 0.717) is 6.42 Å². The maximum Gasteiger partial charge on any atom is 0.307 e. The zero-order valence-electron chi connectivity index (χ0n) is 9.19. The molecule has 0 saturated carbocycles. The molecule has 0 aliphatic carbocycles. The molecule has 0 aromatic heterocycles. The Hall–Kier alpha value is -1.35. The van der Waals surface area contributed by atoms with Gasteiger partial charge in [0.05, 0.1) is 13.5 Å². The van der Waals surface area contributed by atoms with Gasteiger partial charge in [0.1, 0.15) is 0 Å². The molecule has 0 amide bonds. The fraction of sp³-hybridized carbons (Fsp3) is 0.417. The number of ether oxygens (including phenoxy) is 1. The number of nitrogens with one attached hydrogen (secondary N) is 1. The molecule has 0 fully saturated rings. The Bertz CT molecular complexity index is 298. The number of hydrogen-bond donors (Lipinski definition) is 1. The van der Waals surface area contributed by atoms with Gasteiger partial charge in [-0.3, -0.25) is 4.79 Å². The number of carbonyl (C=O) groups excluding carboxylic acids is 1. The Labute approximate surface area is 90.4 Å². The fourth-order valence-corrected chi connectivity index (χ4v) is 1.49. The Kier molecular flexibility index (Phi) is 4.84. The highest BCUT2D eigenvalue weighted by molar-refractivity contribution is 5.70. The second-order valence-electron chi connectivity index (χ2n) is 3.30. The van der Waals surface area contributed by atoms with E-state index in [9.17, 15) is 4.79 Å². The van der Waals surface area contributed by atoms with Gasteiger partial charge in [-0.05, 0) is 12.1 Å². The molecule has 0 saturated heterocycles. The summed E-state index contributed by atoms with van der Waals surface area (Å²) in [4.78, 5) is 11.2. The van der Waals surface area contributed by atoms with E-state index in [1.807, 2.05) is 37.3 Å². The highest BCUT2D eigenvalue weighted by Crippen LogP contribution is 2.16. The van der Waals surface area contributed by atoms with Crippen LogP contribution < -0.4 is 5.32 Å². The van der Waals surface area contributed by atoms with Crippen LogP contribution in [0, 0.1) is 0 Å². The normalized spacial score (nSPS) is 12.1. The fourth-order valence-electron chi connectivity index (χ4n) is 1.49. The van der Waals surface area contributed by atoms with Gasteiger partial charge in [0, 0.05) is 6.04 Å². The van der Waals surface area contributed by atoms with Crippen LogP contribution in [0.5, 0.6) is 0 Å². The average molecular weight is 207 g/mol. The Morgan fingerprint density at radius 1 is 1.40 bits per heavy atom. The van der Waals surface area contributed by atoms with E-state index in [1.54, 1.807) is 0 Å². The number of carbonyl (C=O) groups is 1. The van der Waals surface area contributed by atoms with E-state index in [2.05, 4.69) is 10.1 Å². The van der Waals surface area contributed by atoms with Crippen molar-refractivity contribution in [3.8, 4) is 0 Å². The van der Waals surface area contributed by atoms with Crippen LogP contribution in [0.25, 0.3) is 0 Å². The van der Waals surface area contributed by atoms with Crippen molar-refractivity contribution in [2.24, 2.45) is 0 Å². The van der Waals surface area contributed by atoms with Crippen molar-refractivity contribution in [3.05, 3.63) is 35.9 Å². The lowest BCUT2D eigenvalue weighted by Gasteiger charge is -2.16. The van der Waals surface area contributed by atoms with Gasteiger partial charge in [0.2, 0.25) is 0 Å². The number of rotatable bonds is 5. The van der Waals surface area contributed by atoms with Crippen LogP contribution in [0.3, 0.4) is 0 Å². The van der Waals surface area contributed by atoms with Crippen molar-refractivity contribution in [2.45, 2.75) is 19.4 Å². The largest absolute Gasteiger partial charge is 0.469 e. The molecule has 0 radical (unpaired) electrons. The Morgan fingerprint density at radius 3 is 2.60 bits per heavy atom. The Balaban J connectivity index is 2.70. The first-order valence-electron chi connectivity index (χ1n) is 5.13. The molecule has 1 N–H and O–H groups in total. The van der Waals surface area contributed by atoms with Crippen LogP contribution in [0.2, 0.25) is 0 Å². The van der Waals surface area contributed by atoms with Crippen LogP contribution >= 0.6 is 0 Å². The molecule has 0 aliphatic heterocycles. The summed E-state index contributed by atoms with van der Waals surface area (Å²) in [5, 5.41) is 3.26. The van der Waals surface area contributed by atoms with E-state index < -0.39 is 0 Å². The topological polar surface area (TPSA) is 38.3 Å². The second kappa shape index (κ2) is 6.19. The lowest BCUT2D eigenvalue weighted by atomic mass is 10.0. The molecule has 1 aromatic carbocycles. The molecule has 0 aliphatic rings. The van der Waals surface area contributed by atoms with Gasteiger partial charge in [0.15, 0.2) is 0 Å². The summed E-state index contributed by atoms with van der Waals surface area (Å²) in [5.41, 5.74) is 1.12. The van der Waals surface area contributed by atoms with Crippen molar-refractivity contribution in [1.82, 2.24) is 5.32 Å². The molecule has 15 heavy (non-hydrogen) atoms. The van der Waals surface area contributed by atoms with Gasteiger partial charge >= 0.3 is 5.97 Å². The third-order valence-corrected chi connectivity index (χ3v) is 2.25. The van der Waals surface area contributed by atoms with Crippen molar-refractivity contribution in [2.75, 3.05) is 13.7 Å². The molecule has 3 heteroatoms. The zero-order chi connectivity index (χ0) is 11.1. The Morgan fingerprint density at radius 2 is 2.07 bits per heavy atom.